The smallest absolute Gasteiger partial charge is 0.268 e. The predicted molar refractivity (Wildman–Crippen MR) is 117 cm³/mol. The van der Waals surface area contributed by atoms with Crippen LogP contribution in [0, 0.1) is 11.3 Å². The molecule has 0 aliphatic carbocycles. The SMILES string of the molecule is Cn1c(=O)c(-c2c(Br)cnn2-c2ccc(C#N)cc2)cn(-c2cccc(C(F)(F)F)c2)c1=O. The van der Waals surface area contributed by atoms with Gasteiger partial charge in [0.25, 0.3) is 5.56 Å². The van der Waals surface area contributed by atoms with Gasteiger partial charge in [0.2, 0.25) is 0 Å². The Kier molecular flexibility index (Phi) is 5.55. The van der Waals surface area contributed by atoms with Crippen LogP contribution in [0.2, 0.25) is 0 Å². The number of nitrogens with zero attached hydrogens (tertiary/aromatic N) is 5. The van der Waals surface area contributed by atoms with Crippen molar-refractivity contribution in [3.8, 4) is 28.7 Å². The average Bonchev–Trinajstić information content (AvgIpc) is 3.18. The van der Waals surface area contributed by atoms with Gasteiger partial charge >= 0.3 is 11.9 Å². The second-order valence-corrected chi connectivity index (χ2v) is 7.87. The Hall–Kier alpha value is -3.91. The standard InChI is InChI=1S/C22H13BrF3N5O2/c1-29-20(32)17(12-30(21(29)33)16-4-2-3-14(9-16)22(24,25)26)19-18(23)11-28-31(19)15-7-5-13(10-27)6-8-15/h2-9,11-12H,1H3. The Balaban J connectivity index is 1.96. The Morgan fingerprint density at radius 1 is 1.06 bits per heavy atom. The molecule has 11 heteroatoms. The summed E-state index contributed by atoms with van der Waals surface area (Å²) in [7, 11) is 1.24. The van der Waals surface area contributed by atoms with Gasteiger partial charge < -0.3 is 0 Å². The molecular weight excluding hydrogens is 503 g/mol. The maximum Gasteiger partial charge on any atom is 0.416 e. The van der Waals surface area contributed by atoms with Crippen molar-refractivity contribution in [2.45, 2.75) is 6.18 Å². The lowest BCUT2D eigenvalue weighted by molar-refractivity contribution is -0.137. The van der Waals surface area contributed by atoms with E-state index < -0.39 is 23.0 Å². The molecule has 0 atom stereocenters. The molecule has 7 nitrogen and oxygen atoms in total. The van der Waals surface area contributed by atoms with Gasteiger partial charge in [-0.2, -0.15) is 23.5 Å². The van der Waals surface area contributed by atoms with E-state index in [4.69, 9.17) is 5.26 Å². The summed E-state index contributed by atoms with van der Waals surface area (Å²) in [6.07, 6.45) is -1.95. The van der Waals surface area contributed by atoms with E-state index in [1.165, 1.54) is 36.3 Å². The Bertz CT molecular complexity index is 1530. The molecule has 0 aliphatic rings. The van der Waals surface area contributed by atoms with Gasteiger partial charge in [0.05, 0.1) is 50.5 Å². The molecule has 4 rings (SSSR count). The van der Waals surface area contributed by atoms with Gasteiger partial charge in [0.1, 0.15) is 0 Å². The minimum atomic E-state index is -4.60. The molecule has 0 aliphatic heterocycles. The number of nitriles is 1. The minimum absolute atomic E-state index is 0.0308. The number of alkyl halides is 3. The minimum Gasteiger partial charge on any atom is -0.268 e. The summed E-state index contributed by atoms with van der Waals surface area (Å²) < 4.78 is 43.3. The fourth-order valence-electron chi connectivity index (χ4n) is 3.29. The van der Waals surface area contributed by atoms with E-state index in [9.17, 15) is 22.8 Å². The zero-order chi connectivity index (χ0) is 23.9. The highest BCUT2D eigenvalue weighted by atomic mass is 79.9. The third-order valence-electron chi connectivity index (χ3n) is 4.96. The van der Waals surface area contributed by atoms with Crippen molar-refractivity contribution in [1.82, 2.24) is 18.9 Å². The van der Waals surface area contributed by atoms with Crippen molar-refractivity contribution in [1.29, 1.82) is 5.26 Å². The molecule has 0 N–H and O–H groups in total. The van der Waals surface area contributed by atoms with Gasteiger partial charge in [0.15, 0.2) is 0 Å². The third-order valence-corrected chi connectivity index (χ3v) is 5.54. The molecule has 4 aromatic rings. The van der Waals surface area contributed by atoms with Crippen LogP contribution in [0.15, 0.2) is 75.0 Å². The second-order valence-electron chi connectivity index (χ2n) is 7.02. The molecule has 166 valence electrons. The lowest BCUT2D eigenvalue weighted by atomic mass is 10.1. The quantitative estimate of drug-likeness (QED) is 0.412. The van der Waals surface area contributed by atoms with Crippen LogP contribution in [0.5, 0.6) is 0 Å². The van der Waals surface area contributed by atoms with Crippen molar-refractivity contribution >= 4 is 15.9 Å². The Labute approximate surface area is 192 Å². The molecule has 0 saturated heterocycles. The number of aromatic nitrogens is 4. The lowest BCUT2D eigenvalue weighted by Gasteiger charge is -2.14. The Morgan fingerprint density at radius 3 is 2.39 bits per heavy atom. The summed E-state index contributed by atoms with van der Waals surface area (Å²) >= 11 is 3.36. The molecule has 0 radical (unpaired) electrons. The number of hydrogen-bond acceptors (Lipinski definition) is 4. The van der Waals surface area contributed by atoms with Gasteiger partial charge in [-0.3, -0.25) is 13.9 Å². The van der Waals surface area contributed by atoms with Gasteiger partial charge in [-0.15, -0.1) is 0 Å². The van der Waals surface area contributed by atoms with Gasteiger partial charge in [0, 0.05) is 13.2 Å². The molecular formula is C22H13BrF3N5O2. The number of hydrogen-bond donors (Lipinski definition) is 0. The molecule has 2 heterocycles. The molecule has 2 aromatic heterocycles. The van der Waals surface area contributed by atoms with Crippen molar-refractivity contribution in [3.05, 3.63) is 97.4 Å². The average molecular weight is 516 g/mol. The summed E-state index contributed by atoms with van der Waals surface area (Å²) in [6, 6.07) is 12.7. The highest BCUT2D eigenvalue weighted by molar-refractivity contribution is 9.10. The third kappa shape index (κ3) is 4.01. The van der Waals surface area contributed by atoms with Crippen molar-refractivity contribution in [2.24, 2.45) is 7.05 Å². The van der Waals surface area contributed by atoms with E-state index in [2.05, 4.69) is 21.0 Å². The van der Waals surface area contributed by atoms with E-state index in [1.807, 2.05) is 6.07 Å². The fourth-order valence-corrected chi connectivity index (χ4v) is 3.77. The summed E-state index contributed by atoms with van der Waals surface area (Å²) in [5.74, 6) is 0. The first-order valence-corrected chi connectivity index (χ1v) is 10.2. The summed E-state index contributed by atoms with van der Waals surface area (Å²) in [6.45, 7) is 0. The highest BCUT2D eigenvalue weighted by Gasteiger charge is 2.30. The van der Waals surface area contributed by atoms with Gasteiger partial charge in [-0.25, -0.2) is 9.48 Å². The molecule has 33 heavy (non-hydrogen) atoms. The van der Waals surface area contributed by atoms with Crippen molar-refractivity contribution < 1.29 is 13.2 Å². The number of halogens is 4. The first-order valence-electron chi connectivity index (χ1n) is 9.36. The fraction of sp³-hybridized carbons (Fsp3) is 0.0909. The molecule has 0 saturated carbocycles. The van der Waals surface area contributed by atoms with Crippen LogP contribution < -0.4 is 11.2 Å². The summed E-state index contributed by atoms with van der Waals surface area (Å²) in [5.41, 5.74) is -1.14. The number of rotatable bonds is 3. The predicted octanol–water partition coefficient (Wildman–Crippen LogP) is 4.04. The van der Waals surface area contributed by atoms with Crippen LogP contribution in [-0.2, 0) is 13.2 Å². The maximum absolute atomic E-state index is 13.2. The molecule has 0 unspecified atom stereocenters. The normalized spacial score (nSPS) is 11.4. The van der Waals surface area contributed by atoms with Gasteiger partial charge in [-0.1, -0.05) is 6.07 Å². The van der Waals surface area contributed by atoms with E-state index in [-0.39, 0.29) is 11.3 Å². The van der Waals surface area contributed by atoms with Crippen LogP contribution in [-0.4, -0.2) is 18.9 Å². The molecule has 0 bridgehead atoms. The van der Waals surface area contributed by atoms with Crippen LogP contribution in [0.3, 0.4) is 0 Å². The number of benzene rings is 2. The molecule has 0 amide bonds. The first kappa shape index (κ1) is 22.3. The zero-order valence-electron chi connectivity index (χ0n) is 16.8. The second kappa shape index (κ2) is 8.22. The monoisotopic (exact) mass is 515 g/mol. The van der Waals surface area contributed by atoms with Crippen LogP contribution in [0.25, 0.3) is 22.6 Å². The molecule has 0 fully saturated rings. The summed E-state index contributed by atoms with van der Waals surface area (Å²) in [5, 5.41) is 13.3. The van der Waals surface area contributed by atoms with Gasteiger partial charge in [-0.05, 0) is 58.4 Å². The molecule has 0 spiro atoms. The van der Waals surface area contributed by atoms with E-state index in [1.54, 1.807) is 24.3 Å². The Morgan fingerprint density at radius 2 is 1.76 bits per heavy atom. The summed E-state index contributed by atoms with van der Waals surface area (Å²) in [4.78, 5) is 25.8. The van der Waals surface area contributed by atoms with Crippen LogP contribution in [0.1, 0.15) is 11.1 Å². The highest BCUT2D eigenvalue weighted by Crippen LogP contribution is 2.31. The van der Waals surface area contributed by atoms with E-state index >= 15 is 0 Å². The molecule has 2 aromatic carbocycles. The maximum atomic E-state index is 13.2. The van der Waals surface area contributed by atoms with Crippen LogP contribution >= 0.6 is 15.9 Å². The largest absolute Gasteiger partial charge is 0.416 e. The zero-order valence-corrected chi connectivity index (χ0v) is 18.4. The van der Waals surface area contributed by atoms with Crippen LogP contribution in [0.4, 0.5) is 13.2 Å². The lowest BCUT2D eigenvalue weighted by Crippen LogP contribution is -2.38. The topological polar surface area (TPSA) is 85.6 Å². The van der Waals surface area contributed by atoms with Crippen molar-refractivity contribution in [2.75, 3.05) is 0 Å². The van der Waals surface area contributed by atoms with E-state index in [0.29, 0.717) is 21.4 Å². The first-order chi connectivity index (χ1) is 15.6. The van der Waals surface area contributed by atoms with Crippen molar-refractivity contribution in [3.63, 3.8) is 0 Å². The van der Waals surface area contributed by atoms with E-state index in [0.717, 1.165) is 21.3 Å².